The lowest BCUT2D eigenvalue weighted by atomic mass is 10.2. The molecule has 5 nitrogen and oxygen atoms in total. The van der Waals surface area contributed by atoms with E-state index in [0.717, 1.165) is 24.6 Å². The second-order valence-corrected chi connectivity index (χ2v) is 4.47. The predicted molar refractivity (Wildman–Crippen MR) is 61.2 cm³/mol. The quantitative estimate of drug-likeness (QED) is 0.807. The minimum absolute atomic E-state index is 0.226. The van der Waals surface area contributed by atoms with E-state index in [0.29, 0.717) is 12.6 Å². The summed E-state index contributed by atoms with van der Waals surface area (Å²) in [5, 5.41) is 11.9. The van der Waals surface area contributed by atoms with E-state index in [-0.39, 0.29) is 6.04 Å². The fourth-order valence-electron chi connectivity index (χ4n) is 2.29. The maximum atomic E-state index is 5.11. The standard InChI is InChI=1S/C11H20N4O/c1-8(7-16-3)12-9(2)11-14-13-10-5-4-6-15(10)11/h8-9,12H,4-7H2,1-3H3. The number of nitrogens with one attached hydrogen (secondary N) is 1. The first-order chi connectivity index (χ1) is 7.72. The molecule has 0 bridgehead atoms. The van der Waals surface area contributed by atoms with Crippen molar-refractivity contribution in [2.45, 2.75) is 45.3 Å². The molecule has 90 valence electrons. The van der Waals surface area contributed by atoms with Gasteiger partial charge in [-0.3, -0.25) is 0 Å². The highest BCUT2D eigenvalue weighted by Crippen LogP contribution is 2.19. The van der Waals surface area contributed by atoms with Gasteiger partial charge in [0.15, 0.2) is 0 Å². The van der Waals surface area contributed by atoms with Crippen molar-refractivity contribution in [2.24, 2.45) is 0 Å². The first kappa shape index (κ1) is 11.5. The van der Waals surface area contributed by atoms with Crippen LogP contribution in [-0.4, -0.2) is 34.5 Å². The third kappa shape index (κ3) is 2.25. The van der Waals surface area contributed by atoms with Gasteiger partial charge in [0.1, 0.15) is 11.6 Å². The van der Waals surface area contributed by atoms with E-state index in [9.17, 15) is 0 Å². The highest BCUT2D eigenvalue weighted by atomic mass is 16.5. The summed E-state index contributed by atoms with van der Waals surface area (Å²) in [6.45, 7) is 6.01. The Bertz CT molecular complexity index is 350. The number of hydrogen-bond donors (Lipinski definition) is 1. The Balaban J connectivity index is 2.01. The van der Waals surface area contributed by atoms with E-state index in [4.69, 9.17) is 4.74 Å². The summed E-state index contributed by atoms with van der Waals surface area (Å²) in [6.07, 6.45) is 2.26. The van der Waals surface area contributed by atoms with Crippen LogP contribution in [0.25, 0.3) is 0 Å². The Labute approximate surface area is 96.2 Å². The Morgan fingerprint density at radius 3 is 3.00 bits per heavy atom. The van der Waals surface area contributed by atoms with Gasteiger partial charge in [-0.15, -0.1) is 10.2 Å². The zero-order valence-corrected chi connectivity index (χ0v) is 10.2. The lowest BCUT2D eigenvalue weighted by Gasteiger charge is -2.18. The van der Waals surface area contributed by atoms with E-state index >= 15 is 0 Å². The second-order valence-electron chi connectivity index (χ2n) is 4.47. The third-order valence-corrected chi connectivity index (χ3v) is 2.98. The molecule has 0 saturated heterocycles. The van der Waals surface area contributed by atoms with Crippen molar-refractivity contribution in [3.63, 3.8) is 0 Å². The lowest BCUT2D eigenvalue weighted by Crippen LogP contribution is -2.33. The summed E-state index contributed by atoms with van der Waals surface area (Å²) in [6, 6.07) is 0.554. The van der Waals surface area contributed by atoms with Gasteiger partial charge in [-0.2, -0.15) is 0 Å². The zero-order valence-electron chi connectivity index (χ0n) is 10.2. The van der Waals surface area contributed by atoms with Crippen LogP contribution in [0.15, 0.2) is 0 Å². The number of aromatic nitrogens is 3. The normalized spacial score (nSPS) is 18.4. The van der Waals surface area contributed by atoms with E-state index < -0.39 is 0 Å². The Kier molecular flexibility index (Phi) is 3.56. The molecular weight excluding hydrogens is 204 g/mol. The Morgan fingerprint density at radius 2 is 2.25 bits per heavy atom. The van der Waals surface area contributed by atoms with Crippen LogP contribution in [0, 0.1) is 0 Å². The summed E-state index contributed by atoms with van der Waals surface area (Å²) >= 11 is 0. The number of hydrogen-bond acceptors (Lipinski definition) is 4. The van der Waals surface area contributed by atoms with E-state index in [1.165, 1.54) is 6.42 Å². The molecule has 0 aliphatic carbocycles. The van der Waals surface area contributed by atoms with Gasteiger partial charge in [0.05, 0.1) is 12.6 Å². The molecule has 1 aromatic heterocycles. The van der Waals surface area contributed by atoms with Crippen molar-refractivity contribution in [2.75, 3.05) is 13.7 Å². The molecule has 0 fully saturated rings. The number of rotatable bonds is 5. The van der Waals surface area contributed by atoms with Gasteiger partial charge in [-0.1, -0.05) is 0 Å². The maximum Gasteiger partial charge on any atom is 0.149 e. The van der Waals surface area contributed by atoms with Gasteiger partial charge in [-0.25, -0.2) is 0 Å². The van der Waals surface area contributed by atoms with Crippen LogP contribution in [0.5, 0.6) is 0 Å². The van der Waals surface area contributed by atoms with Gasteiger partial charge < -0.3 is 14.6 Å². The molecule has 1 N–H and O–H groups in total. The molecular formula is C11H20N4O. The van der Waals surface area contributed by atoms with Crippen LogP contribution in [0.3, 0.4) is 0 Å². The minimum Gasteiger partial charge on any atom is -0.383 e. The van der Waals surface area contributed by atoms with E-state index in [1.54, 1.807) is 7.11 Å². The van der Waals surface area contributed by atoms with Crippen LogP contribution >= 0.6 is 0 Å². The summed E-state index contributed by atoms with van der Waals surface area (Å²) in [5.41, 5.74) is 0. The van der Waals surface area contributed by atoms with Crippen molar-refractivity contribution in [1.82, 2.24) is 20.1 Å². The molecule has 0 saturated carbocycles. The van der Waals surface area contributed by atoms with Gasteiger partial charge in [-0.05, 0) is 20.3 Å². The van der Waals surface area contributed by atoms with Crippen LogP contribution in [0.2, 0.25) is 0 Å². The van der Waals surface area contributed by atoms with Gasteiger partial charge >= 0.3 is 0 Å². The zero-order chi connectivity index (χ0) is 11.5. The van der Waals surface area contributed by atoms with E-state index in [1.807, 2.05) is 0 Å². The smallest absolute Gasteiger partial charge is 0.149 e. The van der Waals surface area contributed by atoms with Crippen LogP contribution < -0.4 is 5.32 Å². The monoisotopic (exact) mass is 224 g/mol. The molecule has 0 amide bonds. The van der Waals surface area contributed by atoms with Gasteiger partial charge in [0.2, 0.25) is 0 Å². The van der Waals surface area contributed by atoms with Crippen LogP contribution in [-0.2, 0) is 17.7 Å². The van der Waals surface area contributed by atoms with E-state index in [2.05, 4.69) is 33.9 Å². The molecule has 5 heteroatoms. The van der Waals surface area contributed by atoms with Crippen molar-refractivity contribution < 1.29 is 4.74 Å². The predicted octanol–water partition coefficient (Wildman–Crippen LogP) is 0.910. The first-order valence-electron chi connectivity index (χ1n) is 5.89. The molecule has 0 spiro atoms. The lowest BCUT2D eigenvalue weighted by molar-refractivity contribution is 0.167. The highest BCUT2D eigenvalue weighted by molar-refractivity contribution is 5.04. The molecule has 0 radical (unpaired) electrons. The molecule has 16 heavy (non-hydrogen) atoms. The summed E-state index contributed by atoms with van der Waals surface area (Å²) in [7, 11) is 1.72. The third-order valence-electron chi connectivity index (χ3n) is 2.98. The average Bonchev–Trinajstić information content (AvgIpc) is 2.77. The largest absolute Gasteiger partial charge is 0.383 e. The molecule has 2 atom stereocenters. The van der Waals surface area contributed by atoms with Crippen molar-refractivity contribution in [1.29, 1.82) is 0 Å². The average molecular weight is 224 g/mol. The maximum absolute atomic E-state index is 5.11. The summed E-state index contributed by atoms with van der Waals surface area (Å²) < 4.78 is 7.34. The molecule has 2 heterocycles. The van der Waals surface area contributed by atoms with Crippen LogP contribution in [0.4, 0.5) is 0 Å². The SMILES string of the molecule is COCC(C)NC(C)c1nnc2n1CCC2. The topological polar surface area (TPSA) is 52.0 Å². The number of aryl methyl sites for hydroxylation is 1. The van der Waals surface area contributed by atoms with Crippen molar-refractivity contribution in [3.8, 4) is 0 Å². The highest BCUT2D eigenvalue weighted by Gasteiger charge is 2.21. The Morgan fingerprint density at radius 1 is 1.44 bits per heavy atom. The first-order valence-corrected chi connectivity index (χ1v) is 5.89. The van der Waals surface area contributed by atoms with Crippen molar-refractivity contribution in [3.05, 3.63) is 11.6 Å². The molecule has 2 rings (SSSR count). The van der Waals surface area contributed by atoms with Gasteiger partial charge in [0.25, 0.3) is 0 Å². The summed E-state index contributed by atoms with van der Waals surface area (Å²) in [5.74, 6) is 2.18. The fourth-order valence-corrected chi connectivity index (χ4v) is 2.29. The molecule has 1 aromatic rings. The minimum atomic E-state index is 0.226. The fraction of sp³-hybridized carbons (Fsp3) is 0.818. The number of ether oxygens (including phenoxy) is 1. The van der Waals surface area contributed by atoms with Crippen LogP contribution in [0.1, 0.15) is 38.0 Å². The second kappa shape index (κ2) is 4.93. The molecule has 1 aliphatic heterocycles. The number of methoxy groups -OCH3 is 1. The number of fused-ring (bicyclic) bond motifs is 1. The number of nitrogens with zero attached hydrogens (tertiary/aromatic N) is 3. The van der Waals surface area contributed by atoms with Gasteiger partial charge in [0, 0.05) is 26.1 Å². The Hall–Kier alpha value is -0.940. The summed E-state index contributed by atoms with van der Waals surface area (Å²) in [4.78, 5) is 0. The molecule has 2 unspecified atom stereocenters. The molecule has 0 aromatic carbocycles. The molecule has 1 aliphatic rings. The van der Waals surface area contributed by atoms with Crippen molar-refractivity contribution >= 4 is 0 Å².